The topological polar surface area (TPSA) is 114 Å². The van der Waals surface area contributed by atoms with Gasteiger partial charge in [-0.05, 0) is 6.42 Å². The van der Waals surface area contributed by atoms with Crippen molar-refractivity contribution in [3.05, 3.63) is 46.1 Å². The number of nitrogens with zero attached hydrogens (tertiary/aromatic N) is 2. The van der Waals surface area contributed by atoms with Crippen LogP contribution in [0.3, 0.4) is 0 Å². The standard InChI is InChI=1S/C14H16N2O6S/c1-3-8-23(20,21)9-12-13(14(17)22-2)16(19)11-7-5-4-6-10(11)15(12)18/h4-7H,3,8-9H2,1-2H3. The monoisotopic (exact) mass is 340 g/mol. The van der Waals surface area contributed by atoms with Crippen molar-refractivity contribution in [1.29, 1.82) is 0 Å². The molecule has 23 heavy (non-hydrogen) atoms. The Balaban J connectivity index is 2.80. The molecule has 0 radical (unpaired) electrons. The third-order valence-corrected chi connectivity index (χ3v) is 5.03. The minimum atomic E-state index is -3.64. The Morgan fingerprint density at radius 2 is 1.74 bits per heavy atom. The quantitative estimate of drug-likeness (QED) is 0.437. The second kappa shape index (κ2) is 6.37. The fourth-order valence-corrected chi connectivity index (χ4v) is 3.74. The molecular formula is C14H16N2O6S. The van der Waals surface area contributed by atoms with Crippen LogP contribution < -0.4 is 9.46 Å². The van der Waals surface area contributed by atoms with Crippen LogP contribution in [0.1, 0.15) is 29.5 Å². The van der Waals surface area contributed by atoms with Gasteiger partial charge in [0.1, 0.15) is 5.75 Å². The zero-order chi connectivity index (χ0) is 17.2. The maximum atomic E-state index is 12.5. The number of carbonyl (C=O) groups excluding carboxylic acids is 1. The van der Waals surface area contributed by atoms with E-state index in [-0.39, 0.29) is 21.5 Å². The van der Waals surface area contributed by atoms with E-state index in [1.807, 2.05) is 0 Å². The van der Waals surface area contributed by atoms with Gasteiger partial charge in [0.2, 0.25) is 0 Å². The zero-order valence-corrected chi connectivity index (χ0v) is 13.5. The Kier molecular flexibility index (Phi) is 4.69. The summed E-state index contributed by atoms with van der Waals surface area (Å²) < 4.78 is 29.2. The zero-order valence-electron chi connectivity index (χ0n) is 12.7. The molecule has 0 amide bonds. The highest BCUT2D eigenvalue weighted by Gasteiger charge is 2.36. The second-order valence-corrected chi connectivity index (χ2v) is 7.14. The van der Waals surface area contributed by atoms with Crippen LogP contribution in [0.15, 0.2) is 24.3 Å². The molecule has 2 aromatic rings. The Hall–Kier alpha value is -2.42. The summed E-state index contributed by atoms with van der Waals surface area (Å²) >= 11 is 0. The summed E-state index contributed by atoms with van der Waals surface area (Å²) in [6.07, 6.45) is 0.361. The number of rotatable bonds is 5. The van der Waals surface area contributed by atoms with Gasteiger partial charge >= 0.3 is 11.7 Å². The highest BCUT2D eigenvalue weighted by Crippen LogP contribution is 2.13. The summed E-state index contributed by atoms with van der Waals surface area (Å²) in [5, 5.41) is 24.9. The molecule has 0 aliphatic heterocycles. The van der Waals surface area contributed by atoms with Gasteiger partial charge in [0, 0.05) is 12.1 Å². The number of fused-ring (bicyclic) bond motifs is 1. The summed E-state index contributed by atoms with van der Waals surface area (Å²) in [5.41, 5.74) is -1.10. The van der Waals surface area contributed by atoms with E-state index in [1.54, 1.807) is 13.0 Å². The van der Waals surface area contributed by atoms with E-state index in [0.29, 0.717) is 11.2 Å². The van der Waals surface area contributed by atoms with Crippen molar-refractivity contribution < 1.29 is 27.4 Å². The van der Waals surface area contributed by atoms with E-state index < -0.39 is 32.9 Å². The van der Waals surface area contributed by atoms with E-state index in [1.165, 1.54) is 18.2 Å². The first-order valence-electron chi connectivity index (χ1n) is 6.87. The van der Waals surface area contributed by atoms with Crippen molar-refractivity contribution >= 4 is 26.8 Å². The van der Waals surface area contributed by atoms with Gasteiger partial charge in [0.05, 0.1) is 12.9 Å². The number of esters is 1. The maximum absolute atomic E-state index is 12.5. The van der Waals surface area contributed by atoms with Gasteiger partial charge in [-0.3, -0.25) is 0 Å². The molecule has 0 aliphatic rings. The van der Waals surface area contributed by atoms with Gasteiger partial charge in [-0.1, -0.05) is 19.1 Å². The predicted octanol–water partition coefficient (Wildman–Crippen LogP) is 0.218. The lowest BCUT2D eigenvalue weighted by Crippen LogP contribution is -2.48. The Morgan fingerprint density at radius 1 is 1.17 bits per heavy atom. The molecule has 124 valence electrons. The lowest BCUT2D eigenvalue weighted by atomic mass is 10.2. The largest absolute Gasteiger partial charge is 0.618 e. The number of hydrogen-bond acceptors (Lipinski definition) is 6. The molecule has 0 spiro atoms. The normalized spacial score (nSPS) is 11.6. The van der Waals surface area contributed by atoms with Crippen LogP contribution >= 0.6 is 0 Å². The summed E-state index contributed by atoms with van der Waals surface area (Å²) in [6.45, 7) is 1.68. The van der Waals surface area contributed by atoms with Gasteiger partial charge in [0.25, 0.3) is 16.7 Å². The lowest BCUT2D eigenvalue weighted by Gasteiger charge is -2.12. The Labute approximate surface area is 133 Å². The predicted molar refractivity (Wildman–Crippen MR) is 81.0 cm³/mol. The number of benzene rings is 1. The molecule has 1 aromatic heterocycles. The van der Waals surface area contributed by atoms with E-state index in [9.17, 15) is 23.6 Å². The third-order valence-electron chi connectivity index (χ3n) is 3.29. The number of ether oxygens (including phenoxy) is 1. The number of hydrogen-bond donors (Lipinski definition) is 0. The fourth-order valence-electron chi connectivity index (χ4n) is 2.30. The number of aromatic nitrogens is 2. The molecule has 1 heterocycles. The van der Waals surface area contributed by atoms with E-state index in [4.69, 9.17) is 0 Å². The minimum absolute atomic E-state index is 0.0168. The molecule has 0 bridgehead atoms. The SMILES string of the molecule is CCCS(=O)(=O)Cc1c(C(=O)OC)[n+]([O-])c2ccccc2[n+]1[O-]. The minimum Gasteiger partial charge on any atom is -0.618 e. The van der Waals surface area contributed by atoms with Crippen LogP contribution in [-0.4, -0.2) is 27.2 Å². The molecule has 0 fully saturated rings. The molecule has 0 aliphatic carbocycles. The lowest BCUT2D eigenvalue weighted by molar-refractivity contribution is -0.636. The molecule has 0 saturated carbocycles. The van der Waals surface area contributed by atoms with Gasteiger partial charge in [-0.15, -0.1) is 4.73 Å². The number of carbonyl (C=O) groups is 1. The van der Waals surface area contributed by atoms with Gasteiger partial charge in [-0.25, -0.2) is 13.2 Å². The van der Waals surface area contributed by atoms with E-state index >= 15 is 0 Å². The molecule has 0 N–H and O–H groups in total. The van der Waals surface area contributed by atoms with Crippen LogP contribution in [-0.2, 0) is 20.3 Å². The van der Waals surface area contributed by atoms with Crippen LogP contribution in [0.5, 0.6) is 0 Å². The van der Waals surface area contributed by atoms with Gasteiger partial charge in [0.15, 0.2) is 9.84 Å². The summed E-state index contributed by atoms with van der Waals surface area (Å²) in [6, 6.07) is 5.82. The van der Waals surface area contributed by atoms with Crippen molar-refractivity contribution in [2.75, 3.05) is 12.9 Å². The summed E-state index contributed by atoms with van der Waals surface area (Å²) in [5.74, 6) is -1.92. The number of methoxy groups -OCH3 is 1. The average molecular weight is 340 g/mol. The molecule has 0 atom stereocenters. The van der Waals surface area contributed by atoms with Crippen molar-refractivity contribution in [2.45, 2.75) is 19.1 Å². The van der Waals surface area contributed by atoms with Gasteiger partial charge in [-0.2, -0.15) is 4.73 Å². The molecule has 2 rings (SSSR count). The number of para-hydroxylation sites is 2. The maximum Gasteiger partial charge on any atom is 0.411 e. The molecule has 1 aromatic carbocycles. The third kappa shape index (κ3) is 3.19. The highest BCUT2D eigenvalue weighted by molar-refractivity contribution is 7.90. The van der Waals surface area contributed by atoms with Crippen molar-refractivity contribution in [2.24, 2.45) is 0 Å². The van der Waals surface area contributed by atoms with Crippen molar-refractivity contribution in [3.8, 4) is 0 Å². The smallest absolute Gasteiger partial charge is 0.411 e. The molecule has 0 unspecified atom stereocenters. The van der Waals surface area contributed by atoms with Crippen LogP contribution in [0.25, 0.3) is 11.0 Å². The Bertz CT molecular complexity index is 863. The first-order chi connectivity index (χ1) is 10.8. The first kappa shape index (κ1) is 16.9. The van der Waals surface area contributed by atoms with Crippen molar-refractivity contribution in [3.63, 3.8) is 0 Å². The Morgan fingerprint density at radius 3 is 2.26 bits per heavy atom. The molecular weight excluding hydrogens is 324 g/mol. The summed E-state index contributed by atoms with van der Waals surface area (Å²) in [4.78, 5) is 11.9. The van der Waals surface area contributed by atoms with Crippen LogP contribution in [0.2, 0.25) is 0 Å². The number of sulfone groups is 1. The summed E-state index contributed by atoms with van der Waals surface area (Å²) in [7, 11) is -2.59. The highest BCUT2D eigenvalue weighted by atomic mass is 32.2. The molecule has 0 saturated heterocycles. The first-order valence-corrected chi connectivity index (χ1v) is 8.70. The average Bonchev–Trinajstić information content (AvgIpc) is 2.51. The van der Waals surface area contributed by atoms with E-state index in [2.05, 4.69) is 4.74 Å². The fraction of sp³-hybridized carbons (Fsp3) is 0.357. The molecule has 9 heteroatoms. The van der Waals surface area contributed by atoms with Crippen LogP contribution in [0.4, 0.5) is 0 Å². The van der Waals surface area contributed by atoms with E-state index in [0.717, 1.165) is 7.11 Å². The van der Waals surface area contributed by atoms with Gasteiger partial charge < -0.3 is 15.2 Å². The van der Waals surface area contributed by atoms with Crippen molar-refractivity contribution in [1.82, 2.24) is 0 Å². The molecule has 8 nitrogen and oxygen atoms in total. The van der Waals surface area contributed by atoms with Crippen LogP contribution in [0, 0.1) is 10.4 Å². The second-order valence-electron chi connectivity index (χ2n) is 4.96.